The van der Waals surface area contributed by atoms with Gasteiger partial charge in [-0.3, -0.25) is 0 Å². The predicted molar refractivity (Wildman–Crippen MR) is 33.7 cm³/mol. The van der Waals surface area contributed by atoms with E-state index in [0.29, 0.717) is 6.92 Å². The highest BCUT2D eigenvalue weighted by molar-refractivity contribution is 5.09. The third-order valence-corrected chi connectivity index (χ3v) is 1.42. The molecule has 0 heterocycles. The van der Waals surface area contributed by atoms with Crippen LogP contribution in [0, 0.1) is 0 Å². The zero-order chi connectivity index (χ0) is 11.7. The molecular weight excluding hydrogens is 219 g/mol. The van der Waals surface area contributed by atoms with Gasteiger partial charge in [-0.15, -0.1) is 0 Å². The maximum Gasteiger partial charge on any atom is 0.394 e. The Balaban J connectivity index is 4.95. The van der Waals surface area contributed by atoms with Crippen molar-refractivity contribution in [3.63, 3.8) is 0 Å². The first-order valence-electron chi connectivity index (χ1n) is 3.22. The van der Waals surface area contributed by atoms with Gasteiger partial charge in [-0.25, -0.2) is 4.39 Å². The van der Waals surface area contributed by atoms with Crippen molar-refractivity contribution in [3.8, 4) is 0 Å². The number of halogens is 7. The van der Waals surface area contributed by atoms with Gasteiger partial charge in [0.1, 0.15) is 0 Å². The molecule has 0 fully saturated rings. The summed E-state index contributed by atoms with van der Waals surface area (Å²) in [6.45, 7) is 3.09. The molecule has 1 atom stereocenters. The van der Waals surface area contributed by atoms with Gasteiger partial charge in [0.15, 0.2) is 0 Å². The molecule has 0 bridgehead atoms. The third kappa shape index (κ3) is 2.17. The molecule has 0 aromatic rings. The van der Waals surface area contributed by atoms with E-state index in [1.165, 1.54) is 0 Å². The lowest BCUT2D eigenvalue weighted by Gasteiger charge is -2.26. The second-order valence-corrected chi connectivity index (χ2v) is 2.59. The molecule has 14 heavy (non-hydrogen) atoms. The van der Waals surface area contributed by atoms with Crippen molar-refractivity contribution in [3.05, 3.63) is 12.2 Å². The fraction of sp³-hybridized carbons (Fsp3) is 0.667. The van der Waals surface area contributed by atoms with Crippen LogP contribution in [0.1, 0.15) is 6.92 Å². The Morgan fingerprint density at radius 3 is 1.79 bits per heavy atom. The van der Waals surface area contributed by atoms with Gasteiger partial charge in [0.25, 0.3) is 0 Å². The van der Waals surface area contributed by atoms with E-state index < -0.39 is 29.1 Å². The van der Waals surface area contributed by atoms with E-state index in [1.807, 2.05) is 0 Å². The summed E-state index contributed by atoms with van der Waals surface area (Å²) < 4.78 is 84.2. The standard InChI is InChI=1S/C6H6F7N/c1-3(2)5(8,9)4(7)6(10,11)14(12)13/h4H,1H2,2H3. The van der Waals surface area contributed by atoms with Gasteiger partial charge in [-0.2, -0.15) is 17.6 Å². The van der Waals surface area contributed by atoms with Crippen LogP contribution < -0.4 is 0 Å². The topological polar surface area (TPSA) is 3.24 Å². The molecule has 1 unspecified atom stereocenters. The average molecular weight is 225 g/mol. The van der Waals surface area contributed by atoms with Gasteiger partial charge < -0.3 is 0 Å². The number of nitrogens with zero attached hydrogens (tertiary/aromatic N) is 1. The number of hydrogen-bond acceptors (Lipinski definition) is 1. The molecule has 0 aromatic carbocycles. The lowest BCUT2D eigenvalue weighted by atomic mass is 10.1. The van der Waals surface area contributed by atoms with Crippen LogP contribution in [0.4, 0.5) is 30.9 Å². The lowest BCUT2D eigenvalue weighted by Crippen LogP contribution is -2.50. The van der Waals surface area contributed by atoms with Crippen LogP contribution in [0.5, 0.6) is 0 Å². The number of rotatable bonds is 4. The Morgan fingerprint density at radius 2 is 1.57 bits per heavy atom. The average Bonchev–Trinajstić information content (AvgIpc) is 2.02. The van der Waals surface area contributed by atoms with Gasteiger partial charge in [0, 0.05) is 0 Å². The highest BCUT2D eigenvalue weighted by Crippen LogP contribution is 2.40. The van der Waals surface area contributed by atoms with E-state index in [-0.39, 0.29) is 0 Å². The summed E-state index contributed by atoms with van der Waals surface area (Å²) in [5.41, 5.74) is -1.26. The minimum absolute atomic E-state index is 0.559. The van der Waals surface area contributed by atoms with Crippen LogP contribution in [0.3, 0.4) is 0 Å². The van der Waals surface area contributed by atoms with Crippen molar-refractivity contribution in [2.24, 2.45) is 0 Å². The van der Waals surface area contributed by atoms with Gasteiger partial charge in [0.2, 0.25) is 6.17 Å². The van der Waals surface area contributed by atoms with E-state index >= 15 is 0 Å². The molecule has 0 aliphatic heterocycles. The fourth-order valence-electron chi connectivity index (χ4n) is 0.520. The second-order valence-electron chi connectivity index (χ2n) is 2.59. The van der Waals surface area contributed by atoms with Crippen molar-refractivity contribution in [2.45, 2.75) is 25.1 Å². The largest absolute Gasteiger partial charge is 0.394 e. The van der Waals surface area contributed by atoms with Crippen LogP contribution in [-0.4, -0.2) is 23.5 Å². The van der Waals surface area contributed by atoms with E-state index in [2.05, 4.69) is 6.58 Å². The van der Waals surface area contributed by atoms with Crippen LogP contribution in [0.25, 0.3) is 0 Å². The predicted octanol–water partition coefficient (Wildman–Crippen LogP) is 3.20. The van der Waals surface area contributed by atoms with Gasteiger partial charge in [-0.1, -0.05) is 15.5 Å². The first-order valence-corrected chi connectivity index (χ1v) is 3.22. The minimum atomic E-state index is -5.55. The zero-order valence-corrected chi connectivity index (χ0v) is 6.88. The summed E-state index contributed by atoms with van der Waals surface area (Å²) >= 11 is 0. The Bertz CT molecular complexity index is 224. The molecule has 0 amide bonds. The summed E-state index contributed by atoms with van der Waals surface area (Å²) in [4.78, 5) is 0. The molecule has 0 saturated heterocycles. The molecule has 0 aliphatic rings. The van der Waals surface area contributed by atoms with Crippen molar-refractivity contribution in [1.29, 1.82) is 0 Å². The molecule has 1 nitrogen and oxygen atoms in total. The van der Waals surface area contributed by atoms with Crippen molar-refractivity contribution >= 4 is 0 Å². The monoisotopic (exact) mass is 225 g/mol. The van der Waals surface area contributed by atoms with Crippen molar-refractivity contribution < 1.29 is 30.9 Å². The smallest absolute Gasteiger partial charge is 0.232 e. The SMILES string of the molecule is C=C(C)C(F)(F)C(F)C(F)(F)N(F)F. The number of hydrogen-bond donors (Lipinski definition) is 0. The molecule has 0 aromatic heterocycles. The quantitative estimate of drug-likeness (QED) is 0.307. The maximum atomic E-state index is 12.5. The molecule has 0 rings (SSSR count). The van der Waals surface area contributed by atoms with Crippen LogP contribution in [0.15, 0.2) is 12.2 Å². The summed E-state index contributed by atoms with van der Waals surface area (Å²) in [6, 6.07) is -5.55. The van der Waals surface area contributed by atoms with E-state index in [4.69, 9.17) is 0 Å². The minimum Gasteiger partial charge on any atom is -0.232 e. The van der Waals surface area contributed by atoms with Crippen LogP contribution in [-0.2, 0) is 0 Å². The Kier molecular flexibility index (Phi) is 3.54. The lowest BCUT2D eigenvalue weighted by molar-refractivity contribution is -0.368. The first-order chi connectivity index (χ1) is 6.04. The Hall–Kier alpha value is -0.790. The molecule has 0 spiro atoms. The summed E-state index contributed by atoms with van der Waals surface area (Å²) in [6.07, 6.45) is -4.34. The maximum absolute atomic E-state index is 12.5. The summed E-state index contributed by atoms with van der Waals surface area (Å²) in [5, 5.41) is -2.89. The molecule has 0 N–H and O–H groups in total. The summed E-state index contributed by atoms with van der Waals surface area (Å²) in [7, 11) is 0. The second kappa shape index (κ2) is 3.76. The van der Waals surface area contributed by atoms with Gasteiger partial charge in [-0.05, 0) is 12.5 Å². The number of allylic oxidation sites excluding steroid dienone is 1. The molecule has 0 saturated carbocycles. The third-order valence-electron chi connectivity index (χ3n) is 1.42. The van der Waals surface area contributed by atoms with E-state index in [9.17, 15) is 30.9 Å². The Labute approximate surface area is 74.7 Å². The van der Waals surface area contributed by atoms with Crippen LogP contribution in [0.2, 0.25) is 0 Å². The number of alkyl halides is 5. The van der Waals surface area contributed by atoms with Gasteiger partial charge in [0.05, 0.1) is 5.34 Å². The molecule has 0 radical (unpaired) electrons. The molecular formula is C6H6F7N. The first kappa shape index (κ1) is 13.2. The van der Waals surface area contributed by atoms with Crippen molar-refractivity contribution in [2.75, 3.05) is 0 Å². The molecule has 84 valence electrons. The normalized spacial score (nSPS) is 15.8. The molecule has 8 heteroatoms. The van der Waals surface area contributed by atoms with Crippen LogP contribution >= 0.6 is 0 Å². The zero-order valence-electron chi connectivity index (χ0n) is 6.88. The summed E-state index contributed by atoms with van der Waals surface area (Å²) in [5.74, 6) is -4.71. The van der Waals surface area contributed by atoms with Gasteiger partial charge >= 0.3 is 12.0 Å². The highest BCUT2D eigenvalue weighted by Gasteiger charge is 2.61. The fourth-order valence-corrected chi connectivity index (χ4v) is 0.520. The highest BCUT2D eigenvalue weighted by atomic mass is 19.4. The Morgan fingerprint density at radius 1 is 1.21 bits per heavy atom. The molecule has 0 aliphatic carbocycles. The van der Waals surface area contributed by atoms with Crippen molar-refractivity contribution in [1.82, 2.24) is 5.34 Å². The van der Waals surface area contributed by atoms with E-state index in [0.717, 1.165) is 0 Å². The van der Waals surface area contributed by atoms with E-state index in [1.54, 1.807) is 0 Å².